The van der Waals surface area contributed by atoms with E-state index in [0.717, 1.165) is 11.4 Å². The Hall–Kier alpha value is -2.35. The lowest BCUT2D eigenvalue weighted by atomic mass is 9.51. The second kappa shape index (κ2) is 10.1. The molecular formula is C26H35ClN2O5. The summed E-state index contributed by atoms with van der Waals surface area (Å²) in [6.07, 6.45) is 0.213. The zero-order valence-corrected chi connectivity index (χ0v) is 21.2. The van der Waals surface area contributed by atoms with Crippen LogP contribution in [0.4, 0.5) is 0 Å². The lowest BCUT2D eigenvalue weighted by Gasteiger charge is -2.56. The maximum absolute atomic E-state index is 13.0. The summed E-state index contributed by atoms with van der Waals surface area (Å²) in [5.41, 5.74) is -0.0423. The van der Waals surface area contributed by atoms with Crippen molar-refractivity contribution in [3.05, 3.63) is 58.4 Å². The van der Waals surface area contributed by atoms with Crippen LogP contribution in [0.3, 0.4) is 0 Å². The minimum Gasteiger partial charge on any atom is -0.481 e. The quantitative estimate of drug-likeness (QED) is 0.448. The lowest BCUT2D eigenvalue weighted by Crippen LogP contribution is -2.70. The van der Waals surface area contributed by atoms with E-state index >= 15 is 0 Å². The summed E-state index contributed by atoms with van der Waals surface area (Å²) >= 11 is 6.55. The molecule has 1 aromatic carbocycles. The first kappa shape index (κ1) is 26.3. The third-order valence-electron chi connectivity index (χ3n) is 7.91. The minimum absolute atomic E-state index is 0.139. The summed E-state index contributed by atoms with van der Waals surface area (Å²) in [6.45, 7) is 10.5. The number of aromatic nitrogens is 1. The molecule has 7 nitrogen and oxygen atoms in total. The number of carbonyl (C=O) groups is 2. The van der Waals surface area contributed by atoms with E-state index in [1.54, 1.807) is 45.0 Å². The number of piperidine rings is 1. The van der Waals surface area contributed by atoms with Crippen LogP contribution in [-0.4, -0.2) is 52.0 Å². The molecule has 0 saturated carbocycles. The van der Waals surface area contributed by atoms with Crippen LogP contribution < -0.4 is 5.32 Å². The highest BCUT2D eigenvalue weighted by Crippen LogP contribution is 2.58. The summed E-state index contributed by atoms with van der Waals surface area (Å²) in [7, 11) is 0. The average Bonchev–Trinajstić information content (AvgIpc) is 3.10. The number of ether oxygens (including phenoxy) is 1. The van der Waals surface area contributed by atoms with Gasteiger partial charge in [0.1, 0.15) is 0 Å². The molecule has 5 unspecified atom stereocenters. The molecule has 1 aliphatic rings. The molecule has 3 rings (SSSR count). The highest BCUT2D eigenvalue weighted by molar-refractivity contribution is 6.31. The van der Waals surface area contributed by atoms with E-state index in [1.165, 1.54) is 0 Å². The van der Waals surface area contributed by atoms with Crippen molar-refractivity contribution in [1.82, 2.24) is 9.88 Å². The summed E-state index contributed by atoms with van der Waals surface area (Å²) in [4.78, 5) is 25.7. The zero-order chi connectivity index (χ0) is 25.3. The molecule has 2 heterocycles. The SMILES string of the molecule is CCC1(C(=O)O)C(COCCn2c(C)ccc2C)NC(C)C(C)(C(=O)O)C1c1ccccc1Cl. The van der Waals surface area contributed by atoms with Crippen molar-refractivity contribution in [2.45, 2.75) is 65.6 Å². The summed E-state index contributed by atoms with van der Waals surface area (Å²) < 4.78 is 8.18. The summed E-state index contributed by atoms with van der Waals surface area (Å²) in [5, 5.41) is 24.7. The molecule has 0 amide bonds. The average molecular weight is 491 g/mol. The number of rotatable bonds is 9. The summed E-state index contributed by atoms with van der Waals surface area (Å²) in [6, 6.07) is 9.93. The van der Waals surface area contributed by atoms with Crippen molar-refractivity contribution in [2.24, 2.45) is 10.8 Å². The molecule has 1 fully saturated rings. The van der Waals surface area contributed by atoms with Gasteiger partial charge in [0, 0.05) is 41.0 Å². The van der Waals surface area contributed by atoms with E-state index in [1.807, 2.05) is 26.0 Å². The van der Waals surface area contributed by atoms with Crippen molar-refractivity contribution in [1.29, 1.82) is 0 Å². The first-order chi connectivity index (χ1) is 16.0. The number of hydrogen-bond donors (Lipinski definition) is 3. The number of nitrogens with zero attached hydrogens (tertiary/aromatic N) is 1. The van der Waals surface area contributed by atoms with Crippen molar-refractivity contribution < 1.29 is 24.5 Å². The maximum atomic E-state index is 13.0. The zero-order valence-electron chi connectivity index (χ0n) is 20.5. The maximum Gasteiger partial charge on any atom is 0.311 e. The van der Waals surface area contributed by atoms with Crippen LogP contribution in [0.2, 0.25) is 5.02 Å². The van der Waals surface area contributed by atoms with Crippen molar-refractivity contribution in [3.8, 4) is 0 Å². The number of aliphatic carboxylic acids is 2. The fraction of sp³-hybridized carbons (Fsp3) is 0.538. The fourth-order valence-corrected chi connectivity index (χ4v) is 5.95. The molecule has 1 aliphatic heterocycles. The third-order valence-corrected chi connectivity index (χ3v) is 8.25. The van der Waals surface area contributed by atoms with Gasteiger partial charge in [0.05, 0.1) is 24.0 Å². The molecule has 1 saturated heterocycles. The molecule has 0 bridgehead atoms. The smallest absolute Gasteiger partial charge is 0.311 e. The number of hydrogen-bond acceptors (Lipinski definition) is 4. The van der Waals surface area contributed by atoms with Crippen LogP contribution in [0.25, 0.3) is 0 Å². The Morgan fingerprint density at radius 2 is 1.74 bits per heavy atom. The van der Waals surface area contributed by atoms with Gasteiger partial charge in [-0.3, -0.25) is 9.59 Å². The normalized spacial score (nSPS) is 29.2. The minimum atomic E-state index is -1.44. The first-order valence-corrected chi connectivity index (χ1v) is 12.1. The topological polar surface area (TPSA) is 101 Å². The Kier molecular flexibility index (Phi) is 7.80. The van der Waals surface area contributed by atoms with E-state index in [4.69, 9.17) is 16.3 Å². The number of nitrogens with one attached hydrogen (secondary N) is 1. The van der Waals surface area contributed by atoms with Crippen LogP contribution in [-0.2, 0) is 20.9 Å². The van der Waals surface area contributed by atoms with E-state index in [9.17, 15) is 19.8 Å². The predicted octanol–water partition coefficient (Wildman–Crippen LogP) is 4.49. The number of carboxylic acid groups (broad SMARTS) is 2. The molecule has 34 heavy (non-hydrogen) atoms. The van der Waals surface area contributed by atoms with E-state index < -0.39 is 40.8 Å². The van der Waals surface area contributed by atoms with Crippen LogP contribution in [0, 0.1) is 24.7 Å². The molecule has 0 radical (unpaired) electrons. The largest absolute Gasteiger partial charge is 0.481 e. The van der Waals surface area contributed by atoms with Gasteiger partial charge in [0.2, 0.25) is 0 Å². The van der Waals surface area contributed by atoms with E-state index in [2.05, 4.69) is 9.88 Å². The number of carboxylic acids is 2. The monoisotopic (exact) mass is 490 g/mol. The van der Waals surface area contributed by atoms with Crippen LogP contribution in [0.5, 0.6) is 0 Å². The highest BCUT2D eigenvalue weighted by Gasteiger charge is 2.65. The molecule has 8 heteroatoms. The number of benzene rings is 1. The van der Waals surface area contributed by atoms with Gasteiger partial charge >= 0.3 is 11.9 Å². The number of halogens is 1. The first-order valence-electron chi connectivity index (χ1n) is 11.7. The second-order valence-electron chi connectivity index (χ2n) is 9.53. The molecule has 5 atom stereocenters. The summed E-state index contributed by atoms with van der Waals surface area (Å²) in [5.74, 6) is -2.99. The van der Waals surface area contributed by atoms with Crippen LogP contribution >= 0.6 is 11.6 Å². The Labute approximate surface area is 206 Å². The molecule has 186 valence electrons. The van der Waals surface area contributed by atoms with Crippen LogP contribution in [0.1, 0.15) is 50.1 Å². The van der Waals surface area contributed by atoms with Gasteiger partial charge in [-0.2, -0.15) is 0 Å². The molecule has 3 N–H and O–H groups in total. The van der Waals surface area contributed by atoms with E-state index in [-0.39, 0.29) is 13.0 Å². The molecule has 0 spiro atoms. The molecule has 1 aromatic heterocycles. The Morgan fingerprint density at radius 1 is 1.12 bits per heavy atom. The van der Waals surface area contributed by atoms with Gasteiger partial charge < -0.3 is 24.8 Å². The Morgan fingerprint density at radius 3 is 2.26 bits per heavy atom. The van der Waals surface area contributed by atoms with Gasteiger partial charge in [-0.15, -0.1) is 0 Å². The van der Waals surface area contributed by atoms with Gasteiger partial charge in [0.15, 0.2) is 0 Å². The molecule has 2 aromatic rings. The highest BCUT2D eigenvalue weighted by atomic mass is 35.5. The Bertz CT molecular complexity index is 1030. The van der Waals surface area contributed by atoms with Crippen molar-refractivity contribution in [2.75, 3.05) is 13.2 Å². The molecule has 0 aliphatic carbocycles. The van der Waals surface area contributed by atoms with Gasteiger partial charge in [-0.25, -0.2) is 0 Å². The third kappa shape index (κ3) is 4.25. The van der Waals surface area contributed by atoms with Crippen LogP contribution in [0.15, 0.2) is 36.4 Å². The Balaban J connectivity index is 1.99. The molecular weight excluding hydrogens is 456 g/mol. The fourth-order valence-electron chi connectivity index (χ4n) is 5.71. The van der Waals surface area contributed by atoms with Gasteiger partial charge in [-0.1, -0.05) is 36.7 Å². The van der Waals surface area contributed by atoms with Gasteiger partial charge in [0.25, 0.3) is 0 Å². The van der Waals surface area contributed by atoms with E-state index in [0.29, 0.717) is 23.7 Å². The number of aryl methyl sites for hydroxylation is 2. The lowest BCUT2D eigenvalue weighted by molar-refractivity contribution is -0.174. The van der Waals surface area contributed by atoms with Crippen molar-refractivity contribution >= 4 is 23.5 Å². The van der Waals surface area contributed by atoms with Gasteiger partial charge in [-0.05, 0) is 57.9 Å². The van der Waals surface area contributed by atoms with Crippen molar-refractivity contribution in [3.63, 3.8) is 0 Å². The standard InChI is InChI=1S/C26H35ClN2O5/c1-6-26(24(32)33)21(15-34-14-13-29-16(2)11-12-17(29)3)28-18(4)25(5,23(30)31)22(26)19-9-7-8-10-20(19)27/h7-12,18,21-22,28H,6,13-15H2,1-5H3,(H,30,31)(H,32,33). The second-order valence-corrected chi connectivity index (χ2v) is 9.93. The predicted molar refractivity (Wildman–Crippen MR) is 131 cm³/mol.